The van der Waals surface area contributed by atoms with E-state index in [-0.39, 0.29) is 12.4 Å². The van der Waals surface area contributed by atoms with Gasteiger partial charge in [-0.3, -0.25) is 0 Å². The lowest BCUT2D eigenvalue weighted by Crippen LogP contribution is -2.18. The van der Waals surface area contributed by atoms with Gasteiger partial charge in [-0.2, -0.15) is 0 Å². The average Bonchev–Trinajstić information content (AvgIpc) is 1.97. The zero-order valence-electron chi connectivity index (χ0n) is 8.80. The molecule has 0 radical (unpaired) electrons. The Morgan fingerprint density at radius 2 is 1.75 bits per heavy atom. The van der Waals surface area contributed by atoms with Crippen LogP contribution in [0.15, 0.2) is 0 Å². The van der Waals surface area contributed by atoms with Crippen molar-refractivity contribution in [3.05, 3.63) is 0 Å². The van der Waals surface area contributed by atoms with Crippen LogP contribution in [0.3, 0.4) is 0 Å². The van der Waals surface area contributed by atoms with Crippen LogP contribution in [-0.4, -0.2) is 19.0 Å². The molecule has 0 aromatic rings. The van der Waals surface area contributed by atoms with Crippen LogP contribution in [-0.2, 0) is 9.47 Å². The summed E-state index contributed by atoms with van der Waals surface area (Å²) < 4.78 is 10.8. The smallest absolute Gasteiger partial charge is 0.155 e. The molecule has 2 heteroatoms. The van der Waals surface area contributed by atoms with E-state index < -0.39 is 0 Å². The summed E-state index contributed by atoms with van der Waals surface area (Å²) in [6, 6.07) is 0. The van der Waals surface area contributed by atoms with Crippen LogP contribution in [0.4, 0.5) is 0 Å². The van der Waals surface area contributed by atoms with E-state index in [2.05, 4.69) is 6.92 Å². The van der Waals surface area contributed by atoms with Crippen LogP contribution in [0.5, 0.6) is 0 Å². The van der Waals surface area contributed by atoms with Gasteiger partial charge in [-0.25, -0.2) is 0 Å². The Labute approximate surface area is 76.3 Å². The average molecular weight is 174 g/mol. The third-order valence-corrected chi connectivity index (χ3v) is 1.56. The summed E-state index contributed by atoms with van der Waals surface area (Å²) in [6.45, 7) is 9.00. The maximum absolute atomic E-state index is 5.43. The third kappa shape index (κ3) is 8.02. The van der Waals surface area contributed by atoms with Gasteiger partial charge < -0.3 is 9.47 Å². The van der Waals surface area contributed by atoms with Crippen LogP contribution in [0.25, 0.3) is 0 Å². The molecule has 0 saturated heterocycles. The SMILES string of the molecule is CCCCCOC(C)OC(C)C. The highest BCUT2D eigenvalue weighted by Crippen LogP contribution is 2.01. The summed E-state index contributed by atoms with van der Waals surface area (Å²) in [6.07, 6.45) is 3.83. The van der Waals surface area contributed by atoms with Gasteiger partial charge in [0.15, 0.2) is 6.29 Å². The predicted octanol–water partition coefficient (Wildman–Crippen LogP) is 2.96. The molecule has 0 fully saturated rings. The summed E-state index contributed by atoms with van der Waals surface area (Å²) in [5, 5.41) is 0. The van der Waals surface area contributed by atoms with Gasteiger partial charge in [-0.15, -0.1) is 0 Å². The first kappa shape index (κ1) is 11.9. The first-order valence-electron chi connectivity index (χ1n) is 4.93. The van der Waals surface area contributed by atoms with Gasteiger partial charge in [-0.1, -0.05) is 19.8 Å². The van der Waals surface area contributed by atoms with Crippen LogP contribution in [0, 0.1) is 0 Å². The highest BCUT2D eigenvalue weighted by atomic mass is 16.7. The van der Waals surface area contributed by atoms with E-state index in [0.29, 0.717) is 0 Å². The summed E-state index contributed by atoms with van der Waals surface area (Å²) >= 11 is 0. The minimum absolute atomic E-state index is 0.0538. The molecule has 0 bridgehead atoms. The monoisotopic (exact) mass is 174 g/mol. The molecule has 0 spiro atoms. The summed E-state index contributed by atoms with van der Waals surface area (Å²) in [4.78, 5) is 0. The predicted molar refractivity (Wildman–Crippen MR) is 51.2 cm³/mol. The second-order valence-corrected chi connectivity index (χ2v) is 3.33. The van der Waals surface area contributed by atoms with Gasteiger partial charge in [0.05, 0.1) is 6.10 Å². The molecule has 0 heterocycles. The number of ether oxygens (including phenoxy) is 2. The Morgan fingerprint density at radius 1 is 1.08 bits per heavy atom. The zero-order chi connectivity index (χ0) is 9.40. The van der Waals surface area contributed by atoms with Crippen LogP contribution < -0.4 is 0 Å². The second kappa shape index (κ2) is 7.56. The second-order valence-electron chi connectivity index (χ2n) is 3.33. The maximum Gasteiger partial charge on any atom is 0.155 e. The molecule has 0 aromatic carbocycles. The van der Waals surface area contributed by atoms with E-state index in [9.17, 15) is 0 Å². The highest BCUT2D eigenvalue weighted by molar-refractivity contribution is 4.41. The quantitative estimate of drug-likeness (QED) is 0.436. The minimum atomic E-state index is -0.0538. The molecule has 0 rings (SSSR count). The lowest BCUT2D eigenvalue weighted by atomic mass is 10.3. The minimum Gasteiger partial charge on any atom is -0.353 e. The lowest BCUT2D eigenvalue weighted by Gasteiger charge is -2.16. The molecular weight excluding hydrogens is 152 g/mol. The molecule has 2 nitrogen and oxygen atoms in total. The van der Waals surface area contributed by atoms with Gasteiger partial charge in [0.2, 0.25) is 0 Å². The van der Waals surface area contributed by atoms with Gasteiger partial charge in [0, 0.05) is 6.61 Å². The van der Waals surface area contributed by atoms with Gasteiger partial charge >= 0.3 is 0 Å². The fourth-order valence-electron chi connectivity index (χ4n) is 1.02. The number of unbranched alkanes of at least 4 members (excludes halogenated alkanes) is 2. The van der Waals surface area contributed by atoms with E-state index >= 15 is 0 Å². The van der Waals surface area contributed by atoms with Crippen LogP contribution >= 0.6 is 0 Å². The zero-order valence-corrected chi connectivity index (χ0v) is 8.80. The van der Waals surface area contributed by atoms with Gasteiger partial charge in [0.25, 0.3) is 0 Å². The van der Waals surface area contributed by atoms with E-state index in [4.69, 9.17) is 9.47 Å². The number of hydrogen-bond acceptors (Lipinski definition) is 2. The summed E-state index contributed by atoms with van der Waals surface area (Å²) in [5.41, 5.74) is 0. The summed E-state index contributed by atoms with van der Waals surface area (Å²) in [7, 11) is 0. The Morgan fingerprint density at radius 3 is 2.25 bits per heavy atom. The Balaban J connectivity index is 3.14. The fraction of sp³-hybridized carbons (Fsp3) is 1.00. The topological polar surface area (TPSA) is 18.5 Å². The molecular formula is C10H22O2. The fourth-order valence-corrected chi connectivity index (χ4v) is 1.02. The van der Waals surface area contributed by atoms with Gasteiger partial charge in [-0.05, 0) is 27.2 Å². The molecule has 0 N–H and O–H groups in total. The van der Waals surface area contributed by atoms with Crippen molar-refractivity contribution in [2.24, 2.45) is 0 Å². The van der Waals surface area contributed by atoms with E-state index in [1.165, 1.54) is 12.8 Å². The summed E-state index contributed by atoms with van der Waals surface area (Å²) in [5.74, 6) is 0. The number of hydrogen-bond donors (Lipinski definition) is 0. The van der Waals surface area contributed by atoms with Crippen molar-refractivity contribution >= 4 is 0 Å². The molecule has 12 heavy (non-hydrogen) atoms. The molecule has 1 unspecified atom stereocenters. The van der Waals surface area contributed by atoms with E-state index in [1.807, 2.05) is 20.8 Å². The molecule has 0 aliphatic heterocycles. The third-order valence-electron chi connectivity index (χ3n) is 1.56. The molecule has 0 aliphatic rings. The molecule has 1 atom stereocenters. The highest BCUT2D eigenvalue weighted by Gasteiger charge is 2.03. The van der Waals surface area contributed by atoms with Gasteiger partial charge in [0.1, 0.15) is 0 Å². The Kier molecular flexibility index (Phi) is 7.51. The van der Waals surface area contributed by atoms with Crippen molar-refractivity contribution in [2.75, 3.05) is 6.61 Å². The van der Waals surface area contributed by atoms with E-state index in [0.717, 1.165) is 13.0 Å². The molecule has 0 aliphatic carbocycles. The lowest BCUT2D eigenvalue weighted by molar-refractivity contribution is -0.151. The van der Waals surface area contributed by atoms with Crippen LogP contribution in [0.2, 0.25) is 0 Å². The maximum atomic E-state index is 5.43. The van der Waals surface area contributed by atoms with Crippen molar-refractivity contribution in [3.8, 4) is 0 Å². The standard InChI is InChI=1S/C10H22O2/c1-5-6-7-8-11-10(4)12-9(2)3/h9-10H,5-8H2,1-4H3. The molecule has 0 saturated carbocycles. The Hall–Kier alpha value is -0.0800. The Bertz CT molecular complexity index is 91.8. The normalized spacial score (nSPS) is 13.8. The molecule has 0 amide bonds. The number of rotatable bonds is 7. The van der Waals surface area contributed by atoms with Crippen molar-refractivity contribution in [1.82, 2.24) is 0 Å². The van der Waals surface area contributed by atoms with Crippen LogP contribution in [0.1, 0.15) is 47.0 Å². The van der Waals surface area contributed by atoms with Crippen molar-refractivity contribution in [2.45, 2.75) is 59.4 Å². The molecule has 0 aromatic heterocycles. The van der Waals surface area contributed by atoms with Crippen molar-refractivity contribution in [3.63, 3.8) is 0 Å². The van der Waals surface area contributed by atoms with E-state index in [1.54, 1.807) is 0 Å². The largest absolute Gasteiger partial charge is 0.353 e. The van der Waals surface area contributed by atoms with Crippen molar-refractivity contribution in [1.29, 1.82) is 0 Å². The first-order valence-corrected chi connectivity index (χ1v) is 4.93. The van der Waals surface area contributed by atoms with Crippen molar-refractivity contribution < 1.29 is 9.47 Å². The first-order chi connectivity index (χ1) is 5.66. The molecule has 74 valence electrons.